The molecule has 0 spiro atoms. The summed E-state index contributed by atoms with van der Waals surface area (Å²) in [6, 6.07) is 10.0. The third kappa shape index (κ3) is 2.81. The van der Waals surface area contributed by atoms with E-state index in [1.54, 1.807) is 0 Å². The molecule has 1 atom stereocenters. The molecule has 0 radical (unpaired) electrons. The molecule has 0 bridgehead atoms. The molecule has 1 aromatic carbocycles. The standard InChI is InChI=1S/C16H17N3O2/c1-10-4-6-13(16-19-17-9-20-16)8-14(10)18-12(3)15-7-5-11(2)21-15/h4-9,12,18H,1-3H3. The van der Waals surface area contributed by atoms with Crippen LogP contribution in [-0.2, 0) is 0 Å². The van der Waals surface area contributed by atoms with Gasteiger partial charge in [-0.1, -0.05) is 6.07 Å². The van der Waals surface area contributed by atoms with Crippen LogP contribution in [0.25, 0.3) is 11.5 Å². The molecular formula is C16H17N3O2. The first-order chi connectivity index (χ1) is 10.1. The molecule has 2 aromatic heterocycles. The summed E-state index contributed by atoms with van der Waals surface area (Å²) in [5.41, 5.74) is 3.06. The molecule has 3 rings (SSSR count). The second-order valence-electron chi connectivity index (χ2n) is 5.09. The zero-order chi connectivity index (χ0) is 14.8. The van der Waals surface area contributed by atoms with Crippen molar-refractivity contribution in [1.29, 1.82) is 0 Å². The summed E-state index contributed by atoms with van der Waals surface area (Å²) in [4.78, 5) is 0. The predicted molar refractivity (Wildman–Crippen MR) is 80.0 cm³/mol. The largest absolute Gasteiger partial charge is 0.464 e. The average Bonchev–Trinajstić information content (AvgIpc) is 3.12. The van der Waals surface area contributed by atoms with Crippen molar-refractivity contribution in [2.45, 2.75) is 26.8 Å². The third-order valence-electron chi connectivity index (χ3n) is 3.40. The molecule has 5 heteroatoms. The van der Waals surface area contributed by atoms with E-state index in [1.165, 1.54) is 6.39 Å². The molecule has 0 aliphatic heterocycles. The summed E-state index contributed by atoms with van der Waals surface area (Å²) in [5.74, 6) is 2.34. The van der Waals surface area contributed by atoms with Gasteiger partial charge in [-0.2, -0.15) is 0 Å². The van der Waals surface area contributed by atoms with Crippen molar-refractivity contribution in [2.75, 3.05) is 5.32 Å². The van der Waals surface area contributed by atoms with Crippen molar-refractivity contribution in [1.82, 2.24) is 10.2 Å². The van der Waals surface area contributed by atoms with Crippen LogP contribution in [0.3, 0.4) is 0 Å². The monoisotopic (exact) mass is 283 g/mol. The lowest BCUT2D eigenvalue weighted by atomic mass is 10.1. The topological polar surface area (TPSA) is 64.1 Å². The van der Waals surface area contributed by atoms with E-state index < -0.39 is 0 Å². The Morgan fingerprint density at radius 1 is 1.14 bits per heavy atom. The summed E-state index contributed by atoms with van der Waals surface area (Å²) < 4.78 is 10.9. The molecule has 0 saturated carbocycles. The minimum Gasteiger partial charge on any atom is -0.464 e. The average molecular weight is 283 g/mol. The maximum atomic E-state index is 5.66. The van der Waals surface area contributed by atoms with E-state index in [9.17, 15) is 0 Å². The lowest BCUT2D eigenvalue weighted by Gasteiger charge is -2.15. The number of anilines is 1. The van der Waals surface area contributed by atoms with Gasteiger partial charge in [-0.3, -0.25) is 0 Å². The Balaban J connectivity index is 1.86. The van der Waals surface area contributed by atoms with E-state index in [2.05, 4.69) is 29.4 Å². The molecule has 108 valence electrons. The van der Waals surface area contributed by atoms with Crippen molar-refractivity contribution < 1.29 is 8.83 Å². The molecule has 0 aliphatic rings. The maximum Gasteiger partial charge on any atom is 0.247 e. The second-order valence-corrected chi connectivity index (χ2v) is 5.09. The van der Waals surface area contributed by atoms with Crippen LogP contribution in [0, 0.1) is 13.8 Å². The van der Waals surface area contributed by atoms with Crippen LogP contribution < -0.4 is 5.32 Å². The first kappa shape index (κ1) is 13.4. The van der Waals surface area contributed by atoms with E-state index in [0.29, 0.717) is 5.89 Å². The summed E-state index contributed by atoms with van der Waals surface area (Å²) in [5, 5.41) is 11.1. The van der Waals surface area contributed by atoms with Gasteiger partial charge in [-0.25, -0.2) is 0 Å². The number of rotatable bonds is 4. The first-order valence-electron chi connectivity index (χ1n) is 6.83. The van der Waals surface area contributed by atoms with Gasteiger partial charge in [0.05, 0.1) is 6.04 Å². The van der Waals surface area contributed by atoms with E-state index >= 15 is 0 Å². The number of aryl methyl sites for hydroxylation is 2. The number of hydrogen-bond donors (Lipinski definition) is 1. The minimum atomic E-state index is 0.0790. The maximum absolute atomic E-state index is 5.66. The van der Waals surface area contributed by atoms with E-state index in [0.717, 1.165) is 28.3 Å². The lowest BCUT2D eigenvalue weighted by molar-refractivity contribution is 0.467. The van der Waals surface area contributed by atoms with Crippen molar-refractivity contribution in [3.8, 4) is 11.5 Å². The van der Waals surface area contributed by atoms with Gasteiger partial charge in [-0.15, -0.1) is 10.2 Å². The van der Waals surface area contributed by atoms with Crippen LogP contribution in [0.5, 0.6) is 0 Å². The molecule has 0 fully saturated rings. The molecule has 3 aromatic rings. The van der Waals surface area contributed by atoms with E-state index in [4.69, 9.17) is 8.83 Å². The van der Waals surface area contributed by atoms with Crippen molar-refractivity contribution in [2.24, 2.45) is 0 Å². The highest BCUT2D eigenvalue weighted by Gasteiger charge is 2.12. The van der Waals surface area contributed by atoms with Crippen molar-refractivity contribution >= 4 is 5.69 Å². The SMILES string of the molecule is Cc1ccc(C(C)Nc2cc(-c3nnco3)ccc2C)o1. The van der Waals surface area contributed by atoms with Crippen LogP contribution in [-0.4, -0.2) is 10.2 Å². The Morgan fingerprint density at radius 2 is 2.00 bits per heavy atom. The predicted octanol–water partition coefficient (Wildman–Crippen LogP) is 4.12. The Bertz CT molecular complexity index is 732. The summed E-state index contributed by atoms with van der Waals surface area (Å²) in [6.07, 6.45) is 1.33. The van der Waals surface area contributed by atoms with E-state index in [-0.39, 0.29) is 6.04 Å². The number of hydrogen-bond acceptors (Lipinski definition) is 5. The van der Waals surface area contributed by atoms with Gasteiger partial charge in [0.1, 0.15) is 11.5 Å². The van der Waals surface area contributed by atoms with Crippen molar-refractivity contribution in [3.05, 3.63) is 53.8 Å². The Morgan fingerprint density at radius 3 is 2.67 bits per heavy atom. The Kier molecular flexibility index (Phi) is 3.48. The molecular weight excluding hydrogens is 266 g/mol. The van der Waals surface area contributed by atoms with Crippen LogP contribution in [0.15, 0.2) is 45.6 Å². The Hall–Kier alpha value is -2.56. The quantitative estimate of drug-likeness (QED) is 0.780. The number of furan rings is 1. The van der Waals surface area contributed by atoms with Gasteiger partial charge in [0.2, 0.25) is 12.3 Å². The van der Waals surface area contributed by atoms with Crippen LogP contribution >= 0.6 is 0 Å². The Labute approximate surface area is 123 Å². The van der Waals surface area contributed by atoms with Gasteiger partial charge in [0, 0.05) is 11.3 Å². The van der Waals surface area contributed by atoms with Crippen LogP contribution in [0.1, 0.15) is 30.0 Å². The summed E-state index contributed by atoms with van der Waals surface area (Å²) in [7, 11) is 0. The van der Waals surface area contributed by atoms with Crippen molar-refractivity contribution in [3.63, 3.8) is 0 Å². The van der Waals surface area contributed by atoms with Gasteiger partial charge in [-0.05, 0) is 50.6 Å². The molecule has 5 nitrogen and oxygen atoms in total. The van der Waals surface area contributed by atoms with Gasteiger partial charge >= 0.3 is 0 Å². The molecule has 21 heavy (non-hydrogen) atoms. The smallest absolute Gasteiger partial charge is 0.247 e. The fraction of sp³-hybridized carbons (Fsp3) is 0.250. The van der Waals surface area contributed by atoms with E-state index in [1.807, 2.05) is 37.3 Å². The zero-order valence-corrected chi connectivity index (χ0v) is 12.3. The third-order valence-corrected chi connectivity index (χ3v) is 3.40. The first-order valence-corrected chi connectivity index (χ1v) is 6.83. The molecule has 0 aliphatic carbocycles. The molecule has 0 saturated heterocycles. The number of nitrogens with zero attached hydrogens (tertiary/aromatic N) is 2. The highest BCUT2D eigenvalue weighted by atomic mass is 16.4. The van der Waals surface area contributed by atoms with Gasteiger partial charge < -0.3 is 14.2 Å². The van der Waals surface area contributed by atoms with Gasteiger partial charge in [0.25, 0.3) is 0 Å². The zero-order valence-electron chi connectivity index (χ0n) is 12.3. The van der Waals surface area contributed by atoms with Crippen LogP contribution in [0.2, 0.25) is 0 Å². The van der Waals surface area contributed by atoms with Gasteiger partial charge in [0.15, 0.2) is 0 Å². The molecule has 0 amide bonds. The molecule has 2 heterocycles. The highest BCUT2D eigenvalue weighted by molar-refractivity contribution is 5.64. The fourth-order valence-electron chi connectivity index (χ4n) is 2.20. The van der Waals surface area contributed by atoms with Crippen LogP contribution in [0.4, 0.5) is 5.69 Å². The fourth-order valence-corrected chi connectivity index (χ4v) is 2.20. The lowest BCUT2D eigenvalue weighted by Crippen LogP contribution is -2.06. The molecule has 1 N–H and O–H groups in total. The second kappa shape index (κ2) is 5.44. The minimum absolute atomic E-state index is 0.0790. The summed E-state index contributed by atoms with van der Waals surface area (Å²) in [6.45, 7) is 6.06. The highest BCUT2D eigenvalue weighted by Crippen LogP contribution is 2.27. The number of benzene rings is 1. The molecule has 1 unspecified atom stereocenters. The normalized spacial score (nSPS) is 12.3. The number of aromatic nitrogens is 2. The number of nitrogens with one attached hydrogen (secondary N) is 1. The summed E-state index contributed by atoms with van der Waals surface area (Å²) >= 11 is 0.